The lowest BCUT2D eigenvalue weighted by Gasteiger charge is -2.29. The summed E-state index contributed by atoms with van der Waals surface area (Å²) in [6, 6.07) is 9.32. The summed E-state index contributed by atoms with van der Waals surface area (Å²) >= 11 is 0. The highest BCUT2D eigenvalue weighted by molar-refractivity contribution is 7.90. The van der Waals surface area contributed by atoms with Crippen LogP contribution in [0.1, 0.15) is 12.0 Å². The molecule has 0 aliphatic heterocycles. The van der Waals surface area contributed by atoms with Crippen molar-refractivity contribution in [2.75, 3.05) is 38.7 Å². The standard InChI is InChI=1S/C14H24N2O3S/c1-16(10-11-20(2,18)19)9-8-14(17,12-15)13-6-4-3-5-7-13/h3-7,17H,8-12,15H2,1-2H3. The quantitative estimate of drug-likeness (QED) is 0.716. The fourth-order valence-corrected chi connectivity index (χ4v) is 2.57. The van der Waals surface area contributed by atoms with Crippen molar-refractivity contribution in [3.8, 4) is 0 Å². The predicted octanol–water partition coefficient (Wildman–Crippen LogP) is 0.199. The van der Waals surface area contributed by atoms with Crippen molar-refractivity contribution in [2.45, 2.75) is 12.0 Å². The van der Waals surface area contributed by atoms with Crippen LogP contribution >= 0.6 is 0 Å². The number of rotatable bonds is 8. The van der Waals surface area contributed by atoms with Crippen molar-refractivity contribution < 1.29 is 13.5 Å². The van der Waals surface area contributed by atoms with Gasteiger partial charge in [-0.05, 0) is 19.0 Å². The first-order valence-corrected chi connectivity index (χ1v) is 8.67. The van der Waals surface area contributed by atoms with Crippen LogP contribution < -0.4 is 5.73 Å². The monoisotopic (exact) mass is 300 g/mol. The molecule has 0 aliphatic rings. The fraction of sp³-hybridized carbons (Fsp3) is 0.571. The van der Waals surface area contributed by atoms with Gasteiger partial charge >= 0.3 is 0 Å². The van der Waals surface area contributed by atoms with Crippen LogP contribution in [0.25, 0.3) is 0 Å². The van der Waals surface area contributed by atoms with Crippen LogP contribution in [0.3, 0.4) is 0 Å². The zero-order chi connectivity index (χ0) is 15.2. The van der Waals surface area contributed by atoms with E-state index in [1.165, 1.54) is 6.26 Å². The van der Waals surface area contributed by atoms with E-state index < -0.39 is 15.4 Å². The van der Waals surface area contributed by atoms with Gasteiger partial charge in [0.2, 0.25) is 0 Å². The van der Waals surface area contributed by atoms with Gasteiger partial charge in [0.05, 0.1) is 5.75 Å². The molecule has 1 aromatic carbocycles. The molecule has 0 fully saturated rings. The van der Waals surface area contributed by atoms with Crippen molar-refractivity contribution in [3.63, 3.8) is 0 Å². The lowest BCUT2D eigenvalue weighted by atomic mass is 9.90. The molecule has 1 atom stereocenters. The van der Waals surface area contributed by atoms with Gasteiger partial charge in [-0.1, -0.05) is 30.3 Å². The molecule has 0 heterocycles. The Morgan fingerprint density at radius 1 is 1.25 bits per heavy atom. The van der Waals surface area contributed by atoms with Gasteiger partial charge in [0.25, 0.3) is 0 Å². The van der Waals surface area contributed by atoms with Gasteiger partial charge in [0.1, 0.15) is 15.4 Å². The molecule has 0 aliphatic carbocycles. The number of hydrogen-bond acceptors (Lipinski definition) is 5. The van der Waals surface area contributed by atoms with Crippen molar-refractivity contribution in [2.24, 2.45) is 5.73 Å². The van der Waals surface area contributed by atoms with Gasteiger partial charge in [-0.25, -0.2) is 8.42 Å². The molecule has 114 valence electrons. The second kappa shape index (κ2) is 7.17. The predicted molar refractivity (Wildman–Crippen MR) is 81.2 cm³/mol. The average Bonchev–Trinajstić information content (AvgIpc) is 2.42. The zero-order valence-electron chi connectivity index (χ0n) is 12.1. The number of nitrogens with zero attached hydrogens (tertiary/aromatic N) is 1. The third-order valence-corrected chi connectivity index (χ3v) is 4.32. The van der Waals surface area contributed by atoms with Crippen molar-refractivity contribution in [3.05, 3.63) is 35.9 Å². The third-order valence-electron chi connectivity index (χ3n) is 3.40. The number of sulfone groups is 1. The van der Waals surface area contributed by atoms with E-state index in [1.807, 2.05) is 42.3 Å². The van der Waals surface area contributed by atoms with Crippen LogP contribution in [-0.4, -0.2) is 57.1 Å². The maximum Gasteiger partial charge on any atom is 0.148 e. The first kappa shape index (κ1) is 17.1. The Morgan fingerprint density at radius 3 is 2.35 bits per heavy atom. The van der Waals surface area contributed by atoms with E-state index in [9.17, 15) is 13.5 Å². The van der Waals surface area contributed by atoms with E-state index in [-0.39, 0.29) is 12.3 Å². The Labute approximate surface area is 121 Å². The van der Waals surface area contributed by atoms with Crippen molar-refractivity contribution in [1.29, 1.82) is 0 Å². The smallest absolute Gasteiger partial charge is 0.148 e. The Bertz CT molecular complexity index is 504. The fourth-order valence-electron chi connectivity index (χ4n) is 1.92. The van der Waals surface area contributed by atoms with Gasteiger partial charge < -0.3 is 15.7 Å². The highest BCUT2D eigenvalue weighted by Crippen LogP contribution is 2.23. The molecule has 3 N–H and O–H groups in total. The maximum atomic E-state index is 11.1. The van der Waals surface area contributed by atoms with E-state index in [0.717, 1.165) is 5.56 Å². The molecule has 5 nitrogen and oxygen atoms in total. The average molecular weight is 300 g/mol. The summed E-state index contributed by atoms with van der Waals surface area (Å²) in [5, 5.41) is 10.6. The highest BCUT2D eigenvalue weighted by Gasteiger charge is 2.27. The summed E-state index contributed by atoms with van der Waals surface area (Å²) in [6.45, 7) is 1.17. The topological polar surface area (TPSA) is 83.6 Å². The molecule has 1 rings (SSSR count). The SMILES string of the molecule is CN(CCC(O)(CN)c1ccccc1)CCS(C)(=O)=O. The van der Waals surface area contributed by atoms with E-state index in [4.69, 9.17) is 5.73 Å². The molecule has 0 bridgehead atoms. The molecule has 0 radical (unpaired) electrons. The second-order valence-corrected chi connectivity index (χ2v) is 7.54. The van der Waals surface area contributed by atoms with E-state index in [2.05, 4.69) is 0 Å². The molecule has 0 saturated carbocycles. The van der Waals surface area contributed by atoms with Gasteiger partial charge in [-0.2, -0.15) is 0 Å². The first-order valence-electron chi connectivity index (χ1n) is 6.61. The van der Waals surface area contributed by atoms with Gasteiger partial charge in [0.15, 0.2) is 0 Å². The summed E-state index contributed by atoms with van der Waals surface area (Å²) in [4.78, 5) is 1.89. The Kier molecular flexibility index (Phi) is 6.13. The summed E-state index contributed by atoms with van der Waals surface area (Å²) in [6.07, 6.45) is 1.69. The van der Waals surface area contributed by atoms with Gasteiger partial charge in [-0.15, -0.1) is 0 Å². The molecule has 0 saturated heterocycles. The molecule has 1 unspecified atom stereocenters. The second-order valence-electron chi connectivity index (χ2n) is 5.28. The molecule has 0 aromatic heterocycles. The van der Waals surface area contributed by atoms with Crippen molar-refractivity contribution in [1.82, 2.24) is 4.90 Å². The molecule has 20 heavy (non-hydrogen) atoms. The van der Waals surface area contributed by atoms with Crippen LogP contribution in [0.2, 0.25) is 0 Å². The highest BCUT2D eigenvalue weighted by atomic mass is 32.2. The van der Waals surface area contributed by atoms with Gasteiger partial charge in [0, 0.05) is 25.9 Å². The minimum atomic E-state index is -2.96. The molecular formula is C14H24N2O3S. The number of aliphatic hydroxyl groups is 1. The van der Waals surface area contributed by atoms with Crippen LogP contribution in [0.15, 0.2) is 30.3 Å². The summed E-state index contributed by atoms with van der Waals surface area (Å²) in [5.74, 6) is 0.121. The molecular weight excluding hydrogens is 276 g/mol. The molecule has 6 heteroatoms. The third kappa shape index (κ3) is 5.58. The van der Waals surface area contributed by atoms with Crippen LogP contribution in [0, 0.1) is 0 Å². The lowest BCUT2D eigenvalue weighted by Crippen LogP contribution is -2.39. The minimum absolute atomic E-state index is 0.121. The van der Waals surface area contributed by atoms with Crippen LogP contribution in [0.4, 0.5) is 0 Å². The number of benzene rings is 1. The Hall–Kier alpha value is -0.950. The number of hydrogen-bond donors (Lipinski definition) is 2. The summed E-state index contributed by atoms with van der Waals surface area (Å²) in [5.41, 5.74) is 5.43. The van der Waals surface area contributed by atoms with E-state index >= 15 is 0 Å². The molecule has 1 aromatic rings. The maximum absolute atomic E-state index is 11.1. The van der Waals surface area contributed by atoms with Crippen LogP contribution in [0.5, 0.6) is 0 Å². The summed E-state index contributed by atoms with van der Waals surface area (Å²) < 4.78 is 22.2. The molecule has 0 amide bonds. The normalized spacial score (nSPS) is 15.2. The summed E-state index contributed by atoms with van der Waals surface area (Å²) in [7, 11) is -1.12. The largest absolute Gasteiger partial charge is 0.384 e. The van der Waals surface area contributed by atoms with E-state index in [1.54, 1.807) is 0 Å². The van der Waals surface area contributed by atoms with E-state index in [0.29, 0.717) is 19.5 Å². The zero-order valence-corrected chi connectivity index (χ0v) is 12.9. The number of nitrogens with two attached hydrogens (primary N) is 1. The Morgan fingerprint density at radius 2 is 1.85 bits per heavy atom. The van der Waals surface area contributed by atoms with Crippen molar-refractivity contribution >= 4 is 9.84 Å². The molecule has 0 spiro atoms. The first-order chi connectivity index (χ1) is 9.27. The lowest BCUT2D eigenvalue weighted by molar-refractivity contribution is 0.0286. The van der Waals surface area contributed by atoms with Crippen LogP contribution in [-0.2, 0) is 15.4 Å². The van der Waals surface area contributed by atoms with Gasteiger partial charge in [-0.3, -0.25) is 0 Å². The minimum Gasteiger partial charge on any atom is -0.384 e. The Balaban J connectivity index is 2.57.